The first-order chi connectivity index (χ1) is 20.9. The van der Waals surface area contributed by atoms with E-state index >= 15 is 0 Å². The van der Waals surface area contributed by atoms with Crippen molar-refractivity contribution in [3.63, 3.8) is 0 Å². The molecule has 0 aliphatic carbocycles. The lowest BCUT2D eigenvalue weighted by molar-refractivity contribution is -0.153. The van der Waals surface area contributed by atoms with E-state index in [4.69, 9.17) is 12.2 Å². The van der Waals surface area contributed by atoms with Crippen molar-refractivity contribution in [3.05, 3.63) is 45.9 Å². The molecule has 1 aromatic carbocycles. The lowest BCUT2D eigenvalue weighted by Gasteiger charge is -2.49. The lowest BCUT2D eigenvalue weighted by atomic mass is 10.0. The van der Waals surface area contributed by atoms with Crippen molar-refractivity contribution in [2.24, 2.45) is 7.05 Å². The van der Waals surface area contributed by atoms with Crippen LogP contribution < -0.4 is 10.6 Å². The Hall–Kier alpha value is -4.78. The lowest BCUT2D eigenvalue weighted by Crippen LogP contribution is -2.71. The number of rotatable bonds is 8. The number of thioether (sulfide) groups is 1. The number of aliphatic carboxylic acids is 1. The summed E-state index contributed by atoms with van der Waals surface area (Å²) in [6.45, 7) is 2.02. The maximum absolute atomic E-state index is 13.6. The molecule has 0 bridgehead atoms. The molecule has 5 rings (SSSR count). The molecule has 4 heterocycles. The van der Waals surface area contributed by atoms with Gasteiger partial charge in [0.1, 0.15) is 28.9 Å². The van der Waals surface area contributed by atoms with E-state index < -0.39 is 53.1 Å². The third-order valence-electron chi connectivity index (χ3n) is 7.36. The number of aromatic nitrogens is 4. The number of carbonyl (C=O) groups excluding carboxylic acids is 5. The van der Waals surface area contributed by atoms with Gasteiger partial charge in [-0.2, -0.15) is 0 Å². The Balaban J connectivity index is 1.34. The minimum Gasteiger partial charge on any atom is -0.508 e. The molecule has 0 spiro atoms. The SMILES string of the molecule is CCN1CCN(C(=O)N[C@@H](C(=O)N[C@@H]2C(=O)N3C(C(=O)O)=C(Cn4nnn(C)c4=S)CS[C@@H]23)c2ccc(O)cc2)C(=O)C1=O. The number of imide groups is 1. The van der Waals surface area contributed by atoms with Crippen LogP contribution in [0, 0.1) is 4.77 Å². The highest BCUT2D eigenvalue weighted by atomic mass is 32.2. The highest BCUT2D eigenvalue weighted by molar-refractivity contribution is 8.00. The average molecular weight is 646 g/mol. The first-order valence-electron chi connectivity index (χ1n) is 13.3. The number of phenols is 1. The van der Waals surface area contributed by atoms with E-state index in [9.17, 15) is 39.0 Å². The van der Waals surface area contributed by atoms with Crippen LogP contribution in [0.15, 0.2) is 35.5 Å². The highest BCUT2D eigenvalue weighted by Gasteiger charge is 2.54. The largest absolute Gasteiger partial charge is 0.508 e. The Morgan fingerprint density at radius 1 is 1.11 bits per heavy atom. The number of β-lactam (4-membered cyclic amide) rings is 1. The number of amides is 6. The van der Waals surface area contributed by atoms with Gasteiger partial charge in [-0.05, 0) is 52.8 Å². The monoisotopic (exact) mass is 645 g/mol. The van der Waals surface area contributed by atoms with E-state index in [0.717, 1.165) is 4.90 Å². The fraction of sp³-hybridized carbons (Fsp3) is 0.400. The smallest absolute Gasteiger partial charge is 0.352 e. The zero-order valence-corrected chi connectivity index (χ0v) is 25.0. The van der Waals surface area contributed by atoms with Gasteiger partial charge >= 0.3 is 23.8 Å². The molecular weight excluding hydrogens is 618 g/mol. The number of hydrogen-bond acceptors (Lipinski definition) is 11. The molecule has 2 aromatic rings. The fourth-order valence-electron chi connectivity index (χ4n) is 5.01. The Kier molecular flexibility index (Phi) is 8.42. The van der Waals surface area contributed by atoms with Gasteiger partial charge in [0.2, 0.25) is 10.7 Å². The van der Waals surface area contributed by atoms with Crippen LogP contribution in [0.5, 0.6) is 5.75 Å². The number of hydrogen-bond donors (Lipinski definition) is 4. The van der Waals surface area contributed by atoms with E-state index in [-0.39, 0.29) is 47.2 Å². The third kappa shape index (κ3) is 5.50. The summed E-state index contributed by atoms with van der Waals surface area (Å²) < 4.78 is 2.94. The molecule has 3 atom stereocenters. The second-order valence-corrected chi connectivity index (χ2v) is 11.5. The predicted molar refractivity (Wildman–Crippen MR) is 153 cm³/mol. The molecule has 2 fully saturated rings. The normalized spacial score (nSPS) is 20.7. The molecular formula is C25H27N9O8S2. The summed E-state index contributed by atoms with van der Waals surface area (Å²) in [4.78, 5) is 80.1. The second kappa shape index (κ2) is 12.1. The number of likely N-dealkylation sites (N-methyl/N-ethyl adjacent to an activating group) is 1. The Bertz CT molecular complexity index is 1650. The third-order valence-corrected chi connectivity index (χ3v) is 9.17. The van der Waals surface area contributed by atoms with Crippen molar-refractivity contribution in [2.45, 2.75) is 30.9 Å². The van der Waals surface area contributed by atoms with Gasteiger partial charge < -0.3 is 25.7 Å². The molecule has 44 heavy (non-hydrogen) atoms. The predicted octanol–water partition coefficient (Wildman–Crippen LogP) is -1.07. The molecule has 3 aliphatic rings. The number of piperazine rings is 1. The van der Waals surface area contributed by atoms with E-state index in [1.165, 1.54) is 50.3 Å². The van der Waals surface area contributed by atoms with E-state index in [1.54, 1.807) is 14.0 Å². The number of aryl methyl sites for hydroxylation is 1. The van der Waals surface area contributed by atoms with Crippen molar-refractivity contribution < 1.29 is 39.0 Å². The van der Waals surface area contributed by atoms with Crippen LogP contribution in [0.4, 0.5) is 4.79 Å². The number of tetrazole rings is 1. The number of carbonyl (C=O) groups is 6. The van der Waals surface area contributed by atoms with Crippen molar-refractivity contribution in [3.8, 4) is 5.75 Å². The number of aromatic hydroxyl groups is 1. The molecule has 17 nitrogen and oxygen atoms in total. The topological polar surface area (TPSA) is 212 Å². The van der Waals surface area contributed by atoms with Gasteiger partial charge in [0, 0.05) is 32.4 Å². The number of nitrogens with zero attached hydrogens (tertiary/aromatic N) is 7. The van der Waals surface area contributed by atoms with Gasteiger partial charge in [-0.15, -0.1) is 11.8 Å². The first-order valence-corrected chi connectivity index (χ1v) is 14.8. The van der Waals surface area contributed by atoms with Crippen LogP contribution >= 0.6 is 24.0 Å². The molecule has 4 N–H and O–H groups in total. The maximum Gasteiger partial charge on any atom is 0.352 e. The molecule has 0 saturated carbocycles. The number of urea groups is 1. The molecule has 3 aliphatic heterocycles. The van der Waals surface area contributed by atoms with Crippen LogP contribution in [0.1, 0.15) is 18.5 Å². The summed E-state index contributed by atoms with van der Waals surface area (Å²) in [6, 6.07) is 1.77. The molecule has 232 valence electrons. The first kappa shape index (κ1) is 30.7. The van der Waals surface area contributed by atoms with E-state index in [0.29, 0.717) is 17.0 Å². The Morgan fingerprint density at radius 3 is 2.43 bits per heavy atom. The zero-order chi connectivity index (χ0) is 31.9. The van der Waals surface area contributed by atoms with Gasteiger partial charge in [-0.25, -0.2) is 19.0 Å². The Morgan fingerprint density at radius 2 is 1.82 bits per heavy atom. The second-order valence-electron chi connectivity index (χ2n) is 10.0. The van der Waals surface area contributed by atoms with E-state index in [2.05, 4.69) is 21.1 Å². The molecule has 1 aromatic heterocycles. The summed E-state index contributed by atoms with van der Waals surface area (Å²) in [5.74, 6) is -4.65. The van der Waals surface area contributed by atoms with Crippen LogP contribution in [0.25, 0.3) is 0 Å². The number of fused-ring (bicyclic) bond motifs is 1. The minimum absolute atomic E-state index is 0.00245. The zero-order valence-electron chi connectivity index (χ0n) is 23.4. The molecule has 2 saturated heterocycles. The number of carboxylic acid groups (broad SMARTS) is 1. The molecule has 0 unspecified atom stereocenters. The average Bonchev–Trinajstić information content (AvgIpc) is 3.32. The summed E-state index contributed by atoms with van der Waals surface area (Å²) >= 11 is 6.46. The molecule has 6 amide bonds. The summed E-state index contributed by atoms with van der Waals surface area (Å²) in [5, 5.41) is 31.7. The highest BCUT2D eigenvalue weighted by Crippen LogP contribution is 2.41. The fourth-order valence-corrected chi connectivity index (χ4v) is 6.48. The molecule has 0 radical (unpaired) electrons. The van der Waals surface area contributed by atoms with Gasteiger partial charge in [-0.3, -0.25) is 29.0 Å². The quantitative estimate of drug-likeness (QED) is 0.154. The van der Waals surface area contributed by atoms with Crippen molar-refractivity contribution in [2.75, 3.05) is 25.4 Å². The number of carboxylic acids is 1. The summed E-state index contributed by atoms with van der Waals surface area (Å²) in [6.07, 6.45) is 0. The summed E-state index contributed by atoms with van der Waals surface area (Å²) in [7, 11) is 1.59. The number of phenolic OH excluding ortho intramolecular Hbond substituents is 1. The van der Waals surface area contributed by atoms with Gasteiger partial charge in [0.25, 0.3) is 5.91 Å². The Labute approximate surface area is 258 Å². The van der Waals surface area contributed by atoms with Crippen LogP contribution in [-0.2, 0) is 37.6 Å². The van der Waals surface area contributed by atoms with Crippen molar-refractivity contribution in [1.82, 2.24) is 45.1 Å². The summed E-state index contributed by atoms with van der Waals surface area (Å²) in [5.41, 5.74) is 0.355. The van der Waals surface area contributed by atoms with Crippen molar-refractivity contribution >= 4 is 59.6 Å². The standard InChI is InChI=1S/C25H27N9O8S2/c1-3-31-8-9-32(21(39)20(31)38)24(42)27-15(12-4-6-14(35)7-5-12)18(36)26-16-19(37)34-17(23(40)41)13(11-44-22(16)34)10-33-25(43)30(2)28-29-33/h4-7,15-16,22,35H,3,8-11H2,1-2H3,(H,26,36)(H,27,42)(H,40,41)/t15-,16-,22+/m1/s1. The van der Waals surface area contributed by atoms with Crippen LogP contribution in [0.2, 0.25) is 0 Å². The van der Waals surface area contributed by atoms with E-state index in [1.807, 2.05) is 0 Å². The molecule has 19 heteroatoms. The van der Waals surface area contributed by atoms with Gasteiger partial charge in [0.05, 0.1) is 6.54 Å². The number of benzene rings is 1. The van der Waals surface area contributed by atoms with Crippen molar-refractivity contribution in [1.29, 1.82) is 0 Å². The minimum atomic E-state index is -1.44. The maximum atomic E-state index is 13.6. The van der Waals surface area contributed by atoms with Gasteiger partial charge in [0.15, 0.2) is 0 Å². The number of nitrogens with one attached hydrogen (secondary N) is 2. The van der Waals surface area contributed by atoms with Crippen LogP contribution in [0.3, 0.4) is 0 Å². The van der Waals surface area contributed by atoms with Crippen LogP contribution in [-0.4, -0.2) is 117 Å². The van der Waals surface area contributed by atoms with Gasteiger partial charge in [-0.1, -0.05) is 12.1 Å².